The number of hydrogen-bond acceptors (Lipinski definition) is 4. The van der Waals surface area contributed by atoms with Gasteiger partial charge in [0.2, 0.25) is 0 Å². The Bertz CT molecular complexity index is 354. The summed E-state index contributed by atoms with van der Waals surface area (Å²) >= 11 is 3.47. The number of nitrogens with zero attached hydrogens (tertiary/aromatic N) is 1. The molecule has 2 aromatic rings. The van der Waals surface area contributed by atoms with Gasteiger partial charge in [0.05, 0.1) is 5.51 Å². The Balaban J connectivity index is 1.84. The minimum atomic E-state index is 0.397. The van der Waals surface area contributed by atoms with Crippen LogP contribution in [0.2, 0.25) is 0 Å². The lowest BCUT2D eigenvalue weighted by Gasteiger charge is -2.15. The van der Waals surface area contributed by atoms with Crippen molar-refractivity contribution in [3.05, 3.63) is 39.0 Å². The zero-order valence-electron chi connectivity index (χ0n) is 9.51. The third-order valence-electron chi connectivity index (χ3n) is 2.72. The fraction of sp³-hybridized carbons (Fsp3) is 0.417. The summed E-state index contributed by atoms with van der Waals surface area (Å²) in [5.41, 5.74) is 3.31. The Hall–Kier alpha value is -0.710. The van der Waals surface area contributed by atoms with Gasteiger partial charge in [-0.25, -0.2) is 0 Å². The lowest BCUT2D eigenvalue weighted by atomic mass is 10.0. The van der Waals surface area contributed by atoms with Gasteiger partial charge in [0.1, 0.15) is 0 Å². The summed E-state index contributed by atoms with van der Waals surface area (Å²) in [6, 6.07) is 2.60. The fourth-order valence-corrected chi connectivity index (χ4v) is 3.00. The van der Waals surface area contributed by atoms with Crippen LogP contribution in [0.3, 0.4) is 0 Å². The van der Waals surface area contributed by atoms with E-state index in [0.29, 0.717) is 12.0 Å². The van der Waals surface area contributed by atoms with Crippen molar-refractivity contribution in [1.29, 1.82) is 0 Å². The first-order chi connectivity index (χ1) is 7.77. The molecule has 86 valence electrons. The Morgan fingerprint density at radius 1 is 1.44 bits per heavy atom. The topological polar surface area (TPSA) is 24.9 Å². The van der Waals surface area contributed by atoms with Crippen LogP contribution >= 0.6 is 22.7 Å². The molecule has 0 aliphatic heterocycles. The molecule has 2 nitrogen and oxygen atoms in total. The Morgan fingerprint density at radius 2 is 2.31 bits per heavy atom. The zero-order chi connectivity index (χ0) is 11.4. The fourth-order valence-electron chi connectivity index (χ4n) is 1.57. The maximum absolute atomic E-state index is 4.10. The van der Waals surface area contributed by atoms with E-state index >= 15 is 0 Å². The highest BCUT2D eigenvalue weighted by Crippen LogP contribution is 2.20. The van der Waals surface area contributed by atoms with Gasteiger partial charge in [-0.3, -0.25) is 4.98 Å². The van der Waals surface area contributed by atoms with Crippen LogP contribution in [0, 0.1) is 0 Å². The number of aromatic nitrogens is 1. The molecule has 0 radical (unpaired) electrons. The molecule has 0 aliphatic rings. The van der Waals surface area contributed by atoms with Crippen molar-refractivity contribution >= 4 is 22.7 Å². The van der Waals surface area contributed by atoms with E-state index in [2.05, 4.69) is 41.0 Å². The van der Waals surface area contributed by atoms with Crippen molar-refractivity contribution in [3.8, 4) is 0 Å². The molecule has 0 fully saturated rings. The van der Waals surface area contributed by atoms with Gasteiger partial charge in [0, 0.05) is 23.7 Å². The van der Waals surface area contributed by atoms with Crippen LogP contribution in [0.25, 0.3) is 0 Å². The second kappa shape index (κ2) is 5.57. The van der Waals surface area contributed by atoms with Crippen LogP contribution in [0.4, 0.5) is 0 Å². The van der Waals surface area contributed by atoms with E-state index in [-0.39, 0.29) is 0 Å². The van der Waals surface area contributed by atoms with Gasteiger partial charge in [-0.15, -0.1) is 11.3 Å². The molecule has 2 rings (SSSR count). The van der Waals surface area contributed by atoms with Crippen molar-refractivity contribution in [1.82, 2.24) is 10.3 Å². The van der Waals surface area contributed by atoms with Gasteiger partial charge in [0.25, 0.3) is 0 Å². The lowest BCUT2D eigenvalue weighted by molar-refractivity contribution is 0.543. The van der Waals surface area contributed by atoms with Crippen molar-refractivity contribution in [2.45, 2.75) is 25.8 Å². The van der Waals surface area contributed by atoms with Gasteiger partial charge in [-0.2, -0.15) is 11.3 Å². The highest BCUT2D eigenvalue weighted by atomic mass is 32.1. The van der Waals surface area contributed by atoms with Gasteiger partial charge in [0.15, 0.2) is 0 Å². The van der Waals surface area contributed by atoms with E-state index in [1.807, 2.05) is 11.7 Å². The zero-order valence-corrected chi connectivity index (χ0v) is 11.1. The molecular formula is C12H16N2S2. The molecule has 2 heterocycles. The van der Waals surface area contributed by atoms with Crippen LogP contribution in [-0.4, -0.2) is 11.5 Å². The molecule has 0 aromatic carbocycles. The second-order valence-electron chi connectivity index (χ2n) is 3.99. The van der Waals surface area contributed by atoms with E-state index in [9.17, 15) is 0 Å². The van der Waals surface area contributed by atoms with Gasteiger partial charge >= 0.3 is 0 Å². The first-order valence-corrected chi connectivity index (χ1v) is 7.23. The predicted molar refractivity (Wildman–Crippen MR) is 71.3 cm³/mol. The first kappa shape index (κ1) is 11.8. The van der Waals surface area contributed by atoms with Gasteiger partial charge in [-0.05, 0) is 35.2 Å². The Labute approximate surface area is 104 Å². The van der Waals surface area contributed by atoms with Crippen molar-refractivity contribution in [2.24, 2.45) is 0 Å². The second-order valence-corrected chi connectivity index (χ2v) is 5.69. The summed E-state index contributed by atoms with van der Waals surface area (Å²) in [5, 5.41) is 7.91. The maximum Gasteiger partial charge on any atom is 0.0794 e. The van der Waals surface area contributed by atoms with E-state index < -0.39 is 0 Å². The molecule has 1 N–H and O–H groups in total. The molecule has 2 atom stereocenters. The largest absolute Gasteiger partial charge is 0.309 e. The summed E-state index contributed by atoms with van der Waals surface area (Å²) in [6.45, 7) is 5.46. The first-order valence-electron chi connectivity index (χ1n) is 5.41. The molecule has 0 saturated heterocycles. The highest BCUT2D eigenvalue weighted by molar-refractivity contribution is 7.09. The normalized spacial score (nSPS) is 14.9. The summed E-state index contributed by atoms with van der Waals surface area (Å²) in [4.78, 5) is 5.40. The molecule has 0 spiro atoms. The number of nitrogens with one attached hydrogen (secondary N) is 1. The molecule has 2 aromatic heterocycles. The van der Waals surface area contributed by atoms with Gasteiger partial charge in [-0.1, -0.05) is 6.92 Å². The average molecular weight is 252 g/mol. The molecule has 4 heteroatoms. The molecule has 16 heavy (non-hydrogen) atoms. The molecule has 0 aliphatic carbocycles. The Kier molecular flexibility index (Phi) is 4.09. The number of thiophene rings is 1. The molecule has 0 saturated carbocycles. The quantitative estimate of drug-likeness (QED) is 0.878. The smallest absolute Gasteiger partial charge is 0.0794 e. The molecular weight excluding hydrogens is 236 g/mol. The third-order valence-corrected chi connectivity index (χ3v) is 4.38. The van der Waals surface area contributed by atoms with E-state index in [1.165, 1.54) is 10.4 Å². The summed E-state index contributed by atoms with van der Waals surface area (Å²) in [5.74, 6) is 0.571. The van der Waals surface area contributed by atoms with Crippen LogP contribution < -0.4 is 5.32 Å². The van der Waals surface area contributed by atoms with Crippen LogP contribution in [0.5, 0.6) is 0 Å². The standard InChI is InChI=1S/C12H16N2S2/c1-9(11-3-4-15-7-11)5-14-10(2)12-6-13-8-16-12/h3-4,6-10,14H,5H2,1-2H3. The van der Waals surface area contributed by atoms with Crippen molar-refractivity contribution in [2.75, 3.05) is 6.54 Å². The van der Waals surface area contributed by atoms with Crippen molar-refractivity contribution in [3.63, 3.8) is 0 Å². The Morgan fingerprint density at radius 3 is 2.94 bits per heavy atom. The van der Waals surface area contributed by atoms with Crippen LogP contribution in [0.1, 0.15) is 36.2 Å². The highest BCUT2D eigenvalue weighted by Gasteiger charge is 2.10. The van der Waals surface area contributed by atoms with E-state index in [0.717, 1.165) is 6.54 Å². The summed E-state index contributed by atoms with van der Waals surface area (Å²) in [6.07, 6.45) is 1.94. The summed E-state index contributed by atoms with van der Waals surface area (Å²) < 4.78 is 0. The molecule has 0 amide bonds. The molecule has 0 bridgehead atoms. The van der Waals surface area contributed by atoms with Crippen LogP contribution in [-0.2, 0) is 0 Å². The molecule has 2 unspecified atom stereocenters. The average Bonchev–Trinajstić information content (AvgIpc) is 2.95. The maximum atomic E-state index is 4.10. The number of rotatable bonds is 5. The number of hydrogen-bond donors (Lipinski definition) is 1. The minimum Gasteiger partial charge on any atom is -0.309 e. The van der Waals surface area contributed by atoms with Gasteiger partial charge < -0.3 is 5.32 Å². The predicted octanol–water partition coefficient (Wildman–Crippen LogP) is 3.66. The lowest BCUT2D eigenvalue weighted by Crippen LogP contribution is -2.22. The van der Waals surface area contributed by atoms with Crippen LogP contribution in [0.15, 0.2) is 28.5 Å². The van der Waals surface area contributed by atoms with Crippen molar-refractivity contribution < 1.29 is 0 Å². The minimum absolute atomic E-state index is 0.397. The van der Waals surface area contributed by atoms with E-state index in [1.54, 1.807) is 22.7 Å². The third kappa shape index (κ3) is 2.90. The van der Waals surface area contributed by atoms with E-state index in [4.69, 9.17) is 0 Å². The summed E-state index contributed by atoms with van der Waals surface area (Å²) in [7, 11) is 0. The monoisotopic (exact) mass is 252 g/mol. The SMILES string of the molecule is CC(CNC(C)c1cncs1)c1ccsc1. The number of thiazole rings is 1.